The van der Waals surface area contributed by atoms with Crippen molar-refractivity contribution >= 4 is 23.4 Å². The molecule has 0 aromatic heterocycles. The second kappa shape index (κ2) is 7.60. The van der Waals surface area contributed by atoms with Crippen LogP contribution < -0.4 is 5.32 Å². The molecule has 1 heterocycles. The van der Waals surface area contributed by atoms with Crippen LogP contribution in [0, 0.1) is 29.1 Å². The molecule has 6 fully saturated rings. The van der Waals surface area contributed by atoms with Crippen molar-refractivity contribution in [1.82, 2.24) is 9.80 Å². The molecular formula is C26H33N3O3. The summed E-state index contributed by atoms with van der Waals surface area (Å²) >= 11 is 0. The van der Waals surface area contributed by atoms with Crippen LogP contribution in [0.2, 0.25) is 0 Å². The number of nitrogens with one attached hydrogen (secondary N) is 1. The zero-order chi connectivity index (χ0) is 21.9. The summed E-state index contributed by atoms with van der Waals surface area (Å²) in [7, 11) is 0. The lowest BCUT2D eigenvalue weighted by Crippen LogP contribution is -2.58. The van der Waals surface area contributed by atoms with Gasteiger partial charge in [-0.1, -0.05) is 0 Å². The zero-order valence-corrected chi connectivity index (χ0v) is 18.7. The molecule has 1 aromatic carbocycles. The van der Waals surface area contributed by atoms with E-state index in [1.165, 1.54) is 19.3 Å². The molecule has 6 nitrogen and oxygen atoms in total. The van der Waals surface area contributed by atoms with Crippen molar-refractivity contribution < 1.29 is 14.4 Å². The lowest BCUT2D eigenvalue weighted by Gasteiger charge is -2.57. The average molecular weight is 436 g/mol. The van der Waals surface area contributed by atoms with E-state index < -0.39 is 0 Å². The number of anilines is 1. The highest BCUT2D eigenvalue weighted by atomic mass is 16.2. The van der Waals surface area contributed by atoms with Crippen LogP contribution in [0.15, 0.2) is 24.3 Å². The Balaban J connectivity index is 1.05. The van der Waals surface area contributed by atoms with Crippen molar-refractivity contribution in [3.8, 4) is 0 Å². The van der Waals surface area contributed by atoms with Crippen LogP contribution in [0.3, 0.4) is 0 Å². The molecule has 0 radical (unpaired) electrons. The number of hydrogen-bond donors (Lipinski definition) is 1. The Kier molecular flexibility index (Phi) is 4.81. The molecule has 1 aromatic rings. The zero-order valence-electron chi connectivity index (χ0n) is 18.7. The second-order valence-corrected chi connectivity index (χ2v) is 11.1. The second-order valence-electron chi connectivity index (χ2n) is 11.1. The monoisotopic (exact) mass is 435 g/mol. The normalized spacial score (nSPS) is 33.3. The van der Waals surface area contributed by atoms with Crippen molar-refractivity contribution in [2.24, 2.45) is 29.1 Å². The maximum atomic E-state index is 13.6. The Hall–Kier alpha value is -2.37. The molecule has 6 aliphatic rings. The van der Waals surface area contributed by atoms with Crippen LogP contribution in [0.1, 0.15) is 61.7 Å². The quantitative estimate of drug-likeness (QED) is 0.787. The molecule has 5 saturated carbocycles. The molecule has 1 aliphatic heterocycles. The SMILES string of the molecule is O=C(Nc1ccc(C(=O)N2CCN(C(=O)C34CC5CC(CC(C5)C3)C4)CC2)cc1)C1CC1. The topological polar surface area (TPSA) is 69.7 Å². The predicted molar refractivity (Wildman–Crippen MR) is 121 cm³/mol. The fourth-order valence-corrected chi connectivity index (χ4v) is 7.29. The summed E-state index contributed by atoms with van der Waals surface area (Å²) in [4.78, 5) is 42.4. The summed E-state index contributed by atoms with van der Waals surface area (Å²) < 4.78 is 0. The summed E-state index contributed by atoms with van der Waals surface area (Å²) in [5.74, 6) is 2.92. The first-order valence-electron chi connectivity index (χ1n) is 12.5. The van der Waals surface area contributed by atoms with E-state index in [-0.39, 0.29) is 23.1 Å². The fourth-order valence-electron chi connectivity index (χ4n) is 7.29. The first-order chi connectivity index (χ1) is 15.5. The number of carbonyl (C=O) groups is 3. The number of benzene rings is 1. The van der Waals surface area contributed by atoms with Crippen LogP contribution in [0.25, 0.3) is 0 Å². The highest BCUT2D eigenvalue weighted by molar-refractivity contribution is 5.97. The Morgan fingerprint density at radius 1 is 0.781 bits per heavy atom. The van der Waals surface area contributed by atoms with Crippen molar-refractivity contribution in [1.29, 1.82) is 0 Å². The Morgan fingerprint density at radius 3 is 1.84 bits per heavy atom. The van der Waals surface area contributed by atoms with Gasteiger partial charge in [-0.15, -0.1) is 0 Å². The lowest BCUT2D eigenvalue weighted by atomic mass is 9.49. The molecule has 7 rings (SSSR count). The molecule has 1 saturated heterocycles. The number of rotatable bonds is 4. The minimum Gasteiger partial charge on any atom is -0.339 e. The lowest BCUT2D eigenvalue weighted by molar-refractivity contribution is -0.159. The highest BCUT2D eigenvalue weighted by Gasteiger charge is 2.55. The van der Waals surface area contributed by atoms with Gasteiger partial charge in [-0.2, -0.15) is 0 Å². The third kappa shape index (κ3) is 3.61. The third-order valence-corrected chi connectivity index (χ3v) is 8.69. The molecule has 5 aliphatic carbocycles. The molecule has 170 valence electrons. The summed E-state index contributed by atoms with van der Waals surface area (Å²) in [6.07, 6.45) is 9.27. The van der Waals surface area contributed by atoms with Crippen LogP contribution in [-0.2, 0) is 9.59 Å². The molecule has 6 heteroatoms. The van der Waals surface area contributed by atoms with Gasteiger partial charge >= 0.3 is 0 Å². The third-order valence-electron chi connectivity index (χ3n) is 8.69. The summed E-state index contributed by atoms with van der Waals surface area (Å²) in [6, 6.07) is 7.19. The summed E-state index contributed by atoms with van der Waals surface area (Å²) in [5, 5.41) is 2.91. The number of nitrogens with zero attached hydrogens (tertiary/aromatic N) is 2. The Labute approximate surface area is 189 Å². The van der Waals surface area contributed by atoms with Crippen LogP contribution in [0.5, 0.6) is 0 Å². The van der Waals surface area contributed by atoms with Crippen LogP contribution >= 0.6 is 0 Å². The van der Waals surface area contributed by atoms with Gasteiger partial charge in [0.15, 0.2) is 0 Å². The molecule has 0 spiro atoms. The molecule has 0 atom stereocenters. The van der Waals surface area contributed by atoms with Gasteiger partial charge in [0.05, 0.1) is 5.41 Å². The standard InChI is InChI=1S/C26H33N3O3/c30-23(20-1-2-20)27-22-5-3-21(4-6-22)24(31)28-7-9-29(10-8-28)25(32)26-14-17-11-18(15-26)13-19(12-17)16-26/h3-6,17-20H,1-2,7-16H2,(H,27,30). The van der Waals surface area contributed by atoms with Gasteiger partial charge in [0, 0.05) is 43.3 Å². The van der Waals surface area contributed by atoms with Crippen LogP contribution in [-0.4, -0.2) is 53.7 Å². The maximum absolute atomic E-state index is 13.6. The number of carbonyl (C=O) groups excluding carboxylic acids is 3. The van der Waals surface area contributed by atoms with Gasteiger partial charge in [0.2, 0.25) is 11.8 Å². The van der Waals surface area contributed by atoms with Crippen LogP contribution in [0.4, 0.5) is 5.69 Å². The van der Waals surface area contributed by atoms with E-state index in [0.29, 0.717) is 37.6 Å². The molecule has 0 unspecified atom stereocenters. The highest BCUT2D eigenvalue weighted by Crippen LogP contribution is 2.60. The minimum absolute atomic E-state index is 0.00646. The summed E-state index contributed by atoms with van der Waals surface area (Å²) in [5.41, 5.74) is 1.28. The van der Waals surface area contributed by atoms with Crippen molar-refractivity contribution in [2.45, 2.75) is 51.4 Å². The van der Waals surface area contributed by atoms with Gasteiger partial charge in [-0.05, 0) is 93.4 Å². The molecular weight excluding hydrogens is 402 g/mol. The van der Waals surface area contributed by atoms with Gasteiger partial charge in [-0.25, -0.2) is 0 Å². The first-order valence-corrected chi connectivity index (χ1v) is 12.5. The molecule has 1 N–H and O–H groups in total. The Bertz CT molecular complexity index is 893. The van der Waals surface area contributed by atoms with E-state index in [9.17, 15) is 14.4 Å². The van der Waals surface area contributed by atoms with Gasteiger partial charge in [-0.3, -0.25) is 14.4 Å². The Morgan fingerprint density at radius 2 is 1.31 bits per heavy atom. The minimum atomic E-state index is -0.0956. The van der Waals surface area contributed by atoms with E-state index in [0.717, 1.165) is 55.5 Å². The van der Waals surface area contributed by atoms with E-state index >= 15 is 0 Å². The number of amides is 3. The smallest absolute Gasteiger partial charge is 0.253 e. The fraction of sp³-hybridized carbons (Fsp3) is 0.654. The van der Waals surface area contributed by atoms with E-state index in [4.69, 9.17) is 0 Å². The molecule has 32 heavy (non-hydrogen) atoms. The van der Waals surface area contributed by atoms with Crippen molar-refractivity contribution in [3.05, 3.63) is 29.8 Å². The van der Waals surface area contributed by atoms with E-state index in [1.807, 2.05) is 9.80 Å². The number of piperazine rings is 1. The molecule has 4 bridgehead atoms. The first kappa shape index (κ1) is 20.3. The number of hydrogen-bond acceptors (Lipinski definition) is 3. The van der Waals surface area contributed by atoms with Crippen molar-refractivity contribution in [3.63, 3.8) is 0 Å². The molecule has 3 amide bonds. The maximum Gasteiger partial charge on any atom is 0.253 e. The van der Waals surface area contributed by atoms with E-state index in [2.05, 4.69) is 5.32 Å². The van der Waals surface area contributed by atoms with E-state index in [1.54, 1.807) is 24.3 Å². The van der Waals surface area contributed by atoms with Crippen molar-refractivity contribution in [2.75, 3.05) is 31.5 Å². The predicted octanol–water partition coefficient (Wildman–Crippen LogP) is 3.54. The largest absolute Gasteiger partial charge is 0.339 e. The van der Waals surface area contributed by atoms with Gasteiger partial charge < -0.3 is 15.1 Å². The van der Waals surface area contributed by atoms with Gasteiger partial charge in [0.25, 0.3) is 5.91 Å². The summed E-state index contributed by atoms with van der Waals surface area (Å²) in [6.45, 7) is 2.47. The van der Waals surface area contributed by atoms with Gasteiger partial charge in [0.1, 0.15) is 0 Å². The average Bonchev–Trinajstić information content (AvgIpc) is 3.64.